The van der Waals surface area contributed by atoms with Crippen LogP contribution in [-0.2, 0) is 26.3 Å². The maximum Gasteiger partial charge on any atom is 0.326 e. The maximum absolute atomic E-state index is 14.4. The van der Waals surface area contributed by atoms with E-state index in [1.54, 1.807) is 18.2 Å². The van der Waals surface area contributed by atoms with Gasteiger partial charge in [-0.2, -0.15) is 0 Å². The number of pyridine rings is 1. The van der Waals surface area contributed by atoms with Crippen molar-refractivity contribution in [1.29, 1.82) is 0 Å². The first-order valence-corrected chi connectivity index (χ1v) is 16.1. The molecule has 3 heterocycles. The van der Waals surface area contributed by atoms with Crippen LogP contribution in [-0.4, -0.2) is 72.9 Å². The quantitative estimate of drug-likeness (QED) is 0.395. The van der Waals surface area contributed by atoms with Crippen molar-refractivity contribution < 1.29 is 24.2 Å². The molecule has 0 bridgehead atoms. The number of hydrogen-bond donors (Lipinski definition) is 2. The van der Waals surface area contributed by atoms with Gasteiger partial charge >= 0.3 is 5.97 Å². The molecule has 9 heteroatoms. The number of aromatic nitrogens is 1. The second-order valence-corrected chi connectivity index (χ2v) is 14.4. The van der Waals surface area contributed by atoms with Gasteiger partial charge in [0.1, 0.15) is 23.7 Å². The number of likely N-dealkylation sites (tertiary alicyclic amines) is 1. The Morgan fingerprint density at radius 1 is 1.18 bits per heavy atom. The lowest BCUT2D eigenvalue weighted by molar-refractivity contribution is -0.159. The van der Waals surface area contributed by atoms with E-state index in [2.05, 4.69) is 50.1 Å². The van der Waals surface area contributed by atoms with Crippen LogP contribution in [0.2, 0.25) is 0 Å². The topological polar surface area (TPSA) is 104 Å². The Morgan fingerprint density at radius 2 is 1.93 bits per heavy atom. The van der Waals surface area contributed by atoms with E-state index in [1.807, 2.05) is 37.2 Å². The Morgan fingerprint density at radius 3 is 2.50 bits per heavy atom. The molecule has 5 atom stereocenters. The monoisotopic (exact) mass is 606 g/mol. The SMILES string of the molecule is COc1ccc(C2(C)CCC2)cc1CN[C@H]1[C@H](C(C)(C)C)[C@@H](C(=O)O)N(C(=O)[C@@H]2CCCCO2)[C@H]1c1cccnc1N(C)C. The van der Waals surface area contributed by atoms with Crippen LogP contribution >= 0.6 is 0 Å². The molecule has 44 heavy (non-hydrogen) atoms. The summed E-state index contributed by atoms with van der Waals surface area (Å²) in [5.41, 5.74) is 2.86. The number of benzene rings is 1. The standard InChI is InChI=1S/C35H50N4O5/c1-34(2,3)27-28(37-21-22-20-23(14-15-25(22)43-7)35(4)16-11-17-35)29(24-12-10-18-36-31(24)38(5)6)39(30(27)33(41)42)32(40)26-13-8-9-19-44-26/h10,12,14-15,18,20,26-30,37H,8-9,11,13,16-17,19,21H2,1-7H3,(H,41,42)/t26-,27-,28-,29-,30-/m0/s1. The number of carboxylic acids is 1. The van der Waals surface area contributed by atoms with Gasteiger partial charge in [0.15, 0.2) is 0 Å². The number of carbonyl (C=O) groups is 2. The fourth-order valence-corrected chi connectivity index (χ4v) is 7.68. The molecule has 3 fully saturated rings. The van der Waals surface area contributed by atoms with Crippen molar-refractivity contribution in [2.45, 2.75) is 102 Å². The number of carboxylic acid groups (broad SMARTS) is 1. The summed E-state index contributed by atoms with van der Waals surface area (Å²) in [6, 6.07) is 8.28. The predicted octanol–water partition coefficient (Wildman–Crippen LogP) is 5.32. The summed E-state index contributed by atoms with van der Waals surface area (Å²) in [6.45, 7) is 9.49. The molecule has 1 aromatic heterocycles. The summed E-state index contributed by atoms with van der Waals surface area (Å²) in [4.78, 5) is 35.9. The van der Waals surface area contributed by atoms with Crippen molar-refractivity contribution in [3.63, 3.8) is 0 Å². The molecule has 2 N–H and O–H groups in total. The average Bonchev–Trinajstić information content (AvgIpc) is 3.34. The third kappa shape index (κ3) is 6.05. The fraction of sp³-hybridized carbons (Fsp3) is 0.629. The Hall–Kier alpha value is -3.17. The number of nitrogens with one attached hydrogen (secondary N) is 1. The molecule has 9 nitrogen and oxygen atoms in total. The fourth-order valence-electron chi connectivity index (χ4n) is 7.68. The van der Waals surface area contributed by atoms with Gasteiger partial charge < -0.3 is 29.7 Å². The van der Waals surface area contributed by atoms with Crippen LogP contribution < -0.4 is 15.0 Å². The lowest BCUT2D eigenvalue weighted by Crippen LogP contribution is -2.51. The summed E-state index contributed by atoms with van der Waals surface area (Å²) in [5, 5.41) is 14.7. The highest BCUT2D eigenvalue weighted by molar-refractivity contribution is 5.88. The molecule has 0 radical (unpaired) electrons. The van der Waals surface area contributed by atoms with Crippen molar-refractivity contribution in [1.82, 2.24) is 15.2 Å². The summed E-state index contributed by atoms with van der Waals surface area (Å²) in [5.74, 6) is -0.170. The average molecular weight is 607 g/mol. The van der Waals surface area contributed by atoms with Crippen molar-refractivity contribution in [2.75, 3.05) is 32.7 Å². The third-order valence-corrected chi connectivity index (χ3v) is 10.2. The van der Waals surface area contributed by atoms with Crippen LogP contribution in [0.25, 0.3) is 0 Å². The van der Waals surface area contributed by atoms with Crippen LogP contribution in [0.3, 0.4) is 0 Å². The first-order valence-electron chi connectivity index (χ1n) is 16.1. The van der Waals surface area contributed by atoms with Crippen LogP contribution in [0.1, 0.15) is 89.0 Å². The van der Waals surface area contributed by atoms with Gasteiger partial charge in [0.2, 0.25) is 0 Å². The number of carbonyl (C=O) groups excluding carboxylic acids is 1. The molecule has 3 aliphatic rings. The number of methoxy groups -OCH3 is 1. The Bertz CT molecular complexity index is 1340. The predicted molar refractivity (Wildman–Crippen MR) is 171 cm³/mol. The van der Waals surface area contributed by atoms with Gasteiger partial charge in [-0.3, -0.25) is 4.79 Å². The van der Waals surface area contributed by atoms with Gasteiger partial charge in [-0.05, 0) is 60.6 Å². The van der Waals surface area contributed by atoms with Gasteiger partial charge in [0.25, 0.3) is 5.91 Å². The zero-order valence-corrected chi connectivity index (χ0v) is 27.4. The minimum Gasteiger partial charge on any atom is -0.496 e. The van der Waals surface area contributed by atoms with E-state index in [4.69, 9.17) is 9.47 Å². The van der Waals surface area contributed by atoms with Crippen LogP contribution in [0, 0.1) is 11.3 Å². The third-order valence-electron chi connectivity index (χ3n) is 10.2. The van der Waals surface area contributed by atoms with E-state index in [1.165, 1.54) is 12.0 Å². The normalized spacial score (nSPS) is 26.6. The highest BCUT2D eigenvalue weighted by atomic mass is 16.5. The van der Waals surface area contributed by atoms with Crippen molar-refractivity contribution >= 4 is 17.7 Å². The van der Waals surface area contributed by atoms with Crippen molar-refractivity contribution in [2.24, 2.45) is 11.3 Å². The maximum atomic E-state index is 14.4. The number of aliphatic carboxylic acids is 1. The molecule has 5 rings (SSSR count). The van der Waals surface area contributed by atoms with Gasteiger partial charge in [-0.25, -0.2) is 9.78 Å². The van der Waals surface area contributed by atoms with Gasteiger partial charge in [-0.1, -0.05) is 52.3 Å². The Labute approximate surface area is 262 Å². The zero-order chi connectivity index (χ0) is 31.8. The molecule has 0 unspecified atom stereocenters. The van der Waals surface area contributed by atoms with E-state index < -0.39 is 35.5 Å². The van der Waals surface area contributed by atoms with Crippen LogP contribution in [0.5, 0.6) is 5.75 Å². The van der Waals surface area contributed by atoms with Crippen molar-refractivity contribution in [3.8, 4) is 5.75 Å². The summed E-state index contributed by atoms with van der Waals surface area (Å²) in [7, 11) is 5.53. The number of ether oxygens (including phenoxy) is 2. The minimum atomic E-state index is -1.05. The van der Waals surface area contributed by atoms with Gasteiger partial charge in [0.05, 0.1) is 13.2 Å². The smallest absolute Gasteiger partial charge is 0.326 e. The second-order valence-electron chi connectivity index (χ2n) is 14.4. The van der Waals surface area contributed by atoms with Gasteiger partial charge in [0, 0.05) is 56.5 Å². The van der Waals surface area contributed by atoms with Crippen LogP contribution in [0.15, 0.2) is 36.5 Å². The van der Waals surface area contributed by atoms with Gasteiger partial charge in [-0.15, -0.1) is 0 Å². The number of anilines is 1. The largest absolute Gasteiger partial charge is 0.496 e. The molecule has 240 valence electrons. The van der Waals surface area contributed by atoms with E-state index in [-0.39, 0.29) is 17.4 Å². The number of nitrogens with zero attached hydrogens (tertiary/aromatic N) is 3. The molecular formula is C35H50N4O5. The van der Waals surface area contributed by atoms with E-state index in [9.17, 15) is 14.7 Å². The summed E-state index contributed by atoms with van der Waals surface area (Å²) < 4.78 is 11.8. The second kappa shape index (κ2) is 12.7. The molecule has 2 aromatic rings. The number of hydrogen-bond acceptors (Lipinski definition) is 7. The van der Waals surface area contributed by atoms with E-state index in [0.29, 0.717) is 25.4 Å². The summed E-state index contributed by atoms with van der Waals surface area (Å²) in [6.07, 6.45) is 7.00. The number of rotatable bonds is 9. The Kier molecular flexibility index (Phi) is 9.29. The molecule has 2 saturated heterocycles. The molecule has 1 amide bonds. The molecule has 0 spiro atoms. The number of amides is 1. The minimum absolute atomic E-state index is 0.165. The zero-order valence-electron chi connectivity index (χ0n) is 27.4. The first-order chi connectivity index (χ1) is 20.9. The lowest BCUT2D eigenvalue weighted by Gasteiger charge is -2.39. The van der Waals surface area contributed by atoms with Crippen molar-refractivity contribution in [3.05, 3.63) is 53.2 Å². The first kappa shape index (κ1) is 32.2. The van der Waals surface area contributed by atoms with E-state index >= 15 is 0 Å². The molecule has 1 aromatic carbocycles. The molecular weight excluding hydrogens is 556 g/mol. The summed E-state index contributed by atoms with van der Waals surface area (Å²) >= 11 is 0. The molecule has 1 aliphatic carbocycles. The molecule has 2 aliphatic heterocycles. The molecule has 1 saturated carbocycles. The lowest BCUT2D eigenvalue weighted by atomic mass is 9.66. The highest BCUT2D eigenvalue weighted by Gasteiger charge is 2.59. The van der Waals surface area contributed by atoms with E-state index in [0.717, 1.165) is 42.6 Å². The van der Waals surface area contributed by atoms with Crippen LogP contribution in [0.4, 0.5) is 5.82 Å². The Balaban J connectivity index is 1.63. The highest BCUT2D eigenvalue weighted by Crippen LogP contribution is 2.50.